The molecular weight excluding hydrogens is 304 g/mol. The molecule has 19 heavy (non-hydrogen) atoms. The number of nitrogens with one attached hydrogen (secondary N) is 1. The maximum Gasteiger partial charge on any atom is 0.0726 e. The zero-order valence-electron chi connectivity index (χ0n) is 12.1. The standard InChI is InChI=1S/C15H23BrN2O/c1-10-8-18(9-11(2)19-10)13-5-6-14(12(3)17-4)15(16)7-13/h5-7,10-12,17H,8-9H2,1-4H3. The number of hydrogen-bond donors (Lipinski definition) is 1. The fourth-order valence-corrected chi connectivity index (χ4v) is 3.32. The Kier molecular flexibility index (Phi) is 4.87. The number of halogens is 1. The second-order valence-corrected chi connectivity index (χ2v) is 6.23. The molecule has 3 nitrogen and oxygen atoms in total. The Morgan fingerprint density at radius 3 is 2.47 bits per heavy atom. The van der Waals surface area contributed by atoms with Crippen LogP contribution in [0.4, 0.5) is 5.69 Å². The van der Waals surface area contributed by atoms with Gasteiger partial charge in [-0.2, -0.15) is 0 Å². The molecule has 0 radical (unpaired) electrons. The summed E-state index contributed by atoms with van der Waals surface area (Å²) in [7, 11) is 1.98. The van der Waals surface area contributed by atoms with Crippen LogP contribution in [0, 0.1) is 0 Å². The van der Waals surface area contributed by atoms with Gasteiger partial charge in [0.2, 0.25) is 0 Å². The van der Waals surface area contributed by atoms with E-state index in [1.54, 1.807) is 0 Å². The molecule has 0 aromatic heterocycles. The highest BCUT2D eigenvalue weighted by Gasteiger charge is 2.22. The van der Waals surface area contributed by atoms with Crippen molar-refractivity contribution in [3.05, 3.63) is 28.2 Å². The lowest BCUT2D eigenvalue weighted by Gasteiger charge is -2.37. The minimum absolute atomic E-state index is 0.290. The maximum absolute atomic E-state index is 5.78. The van der Waals surface area contributed by atoms with E-state index < -0.39 is 0 Å². The molecule has 1 aliphatic rings. The highest BCUT2D eigenvalue weighted by molar-refractivity contribution is 9.10. The Morgan fingerprint density at radius 2 is 1.95 bits per heavy atom. The Balaban J connectivity index is 2.19. The average molecular weight is 327 g/mol. The number of nitrogens with zero attached hydrogens (tertiary/aromatic N) is 1. The predicted octanol–water partition coefficient (Wildman–Crippen LogP) is 3.34. The van der Waals surface area contributed by atoms with E-state index >= 15 is 0 Å². The molecule has 1 aromatic carbocycles. The van der Waals surface area contributed by atoms with Crippen molar-refractivity contribution in [3.63, 3.8) is 0 Å². The van der Waals surface area contributed by atoms with Crippen LogP contribution in [-0.2, 0) is 4.74 Å². The zero-order valence-corrected chi connectivity index (χ0v) is 13.7. The van der Waals surface area contributed by atoms with E-state index in [4.69, 9.17) is 4.74 Å². The molecule has 2 rings (SSSR count). The summed E-state index contributed by atoms with van der Waals surface area (Å²) < 4.78 is 6.95. The van der Waals surface area contributed by atoms with E-state index in [2.05, 4.69) is 65.1 Å². The van der Waals surface area contributed by atoms with Gasteiger partial charge < -0.3 is 15.0 Å². The summed E-state index contributed by atoms with van der Waals surface area (Å²) in [5, 5.41) is 3.27. The lowest BCUT2D eigenvalue weighted by atomic mass is 10.1. The highest BCUT2D eigenvalue weighted by Crippen LogP contribution is 2.29. The van der Waals surface area contributed by atoms with Crippen LogP contribution in [0.15, 0.2) is 22.7 Å². The summed E-state index contributed by atoms with van der Waals surface area (Å²) in [5.41, 5.74) is 2.56. The van der Waals surface area contributed by atoms with Crippen molar-refractivity contribution in [2.24, 2.45) is 0 Å². The fraction of sp³-hybridized carbons (Fsp3) is 0.600. The third-order valence-corrected chi connectivity index (χ3v) is 4.36. The van der Waals surface area contributed by atoms with Gasteiger partial charge in [0.1, 0.15) is 0 Å². The predicted molar refractivity (Wildman–Crippen MR) is 83.8 cm³/mol. The molecule has 4 heteroatoms. The maximum atomic E-state index is 5.78. The summed E-state index contributed by atoms with van der Waals surface area (Å²) in [6.07, 6.45) is 0.580. The molecule has 3 atom stereocenters. The summed E-state index contributed by atoms with van der Waals surface area (Å²) in [6, 6.07) is 6.98. The molecule has 3 unspecified atom stereocenters. The number of hydrogen-bond acceptors (Lipinski definition) is 3. The largest absolute Gasteiger partial charge is 0.372 e. The van der Waals surface area contributed by atoms with Crippen LogP contribution < -0.4 is 10.2 Å². The van der Waals surface area contributed by atoms with E-state index in [-0.39, 0.29) is 0 Å². The zero-order chi connectivity index (χ0) is 14.0. The van der Waals surface area contributed by atoms with Crippen molar-refractivity contribution < 1.29 is 4.74 Å². The molecule has 0 bridgehead atoms. The molecule has 0 saturated carbocycles. The molecule has 1 saturated heterocycles. The van der Waals surface area contributed by atoms with Crippen LogP contribution in [-0.4, -0.2) is 32.3 Å². The van der Waals surface area contributed by atoms with E-state index in [0.717, 1.165) is 13.1 Å². The van der Waals surface area contributed by atoms with Gasteiger partial charge in [-0.05, 0) is 45.5 Å². The summed E-state index contributed by atoms with van der Waals surface area (Å²) in [5.74, 6) is 0. The van der Waals surface area contributed by atoms with E-state index in [1.165, 1.54) is 15.7 Å². The van der Waals surface area contributed by atoms with Gasteiger partial charge in [-0.1, -0.05) is 22.0 Å². The van der Waals surface area contributed by atoms with Crippen molar-refractivity contribution in [1.29, 1.82) is 0 Å². The van der Waals surface area contributed by atoms with Crippen LogP contribution in [0.1, 0.15) is 32.4 Å². The first-order valence-electron chi connectivity index (χ1n) is 6.88. The first kappa shape index (κ1) is 14.8. The molecule has 0 amide bonds. The van der Waals surface area contributed by atoms with Gasteiger partial charge in [-0.15, -0.1) is 0 Å². The lowest BCUT2D eigenvalue weighted by molar-refractivity contribution is -0.00522. The molecule has 106 valence electrons. The van der Waals surface area contributed by atoms with Gasteiger partial charge in [0.05, 0.1) is 12.2 Å². The first-order chi connectivity index (χ1) is 9.01. The molecule has 1 N–H and O–H groups in total. The summed E-state index contributed by atoms with van der Waals surface area (Å²) in [4.78, 5) is 2.40. The van der Waals surface area contributed by atoms with Gasteiger partial charge in [-0.25, -0.2) is 0 Å². The SMILES string of the molecule is CNC(C)c1ccc(N2CC(C)OC(C)C2)cc1Br. The number of ether oxygens (including phenoxy) is 1. The minimum Gasteiger partial charge on any atom is -0.372 e. The monoisotopic (exact) mass is 326 g/mol. The summed E-state index contributed by atoms with van der Waals surface area (Å²) in [6.45, 7) is 8.35. The number of rotatable bonds is 3. The second kappa shape index (κ2) is 6.25. The van der Waals surface area contributed by atoms with E-state index in [0.29, 0.717) is 18.2 Å². The summed E-state index contributed by atoms with van der Waals surface area (Å²) >= 11 is 3.69. The molecule has 0 spiro atoms. The Hall–Kier alpha value is -0.580. The van der Waals surface area contributed by atoms with Gasteiger partial charge in [0.15, 0.2) is 0 Å². The van der Waals surface area contributed by atoms with Gasteiger partial charge in [0, 0.05) is 29.3 Å². The number of morpholine rings is 1. The van der Waals surface area contributed by atoms with Crippen molar-refractivity contribution in [1.82, 2.24) is 5.32 Å². The smallest absolute Gasteiger partial charge is 0.0726 e. The fourth-order valence-electron chi connectivity index (χ4n) is 2.61. The molecular formula is C15H23BrN2O. The molecule has 0 aliphatic carbocycles. The van der Waals surface area contributed by atoms with Crippen LogP contribution in [0.5, 0.6) is 0 Å². The molecule has 1 heterocycles. The second-order valence-electron chi connectivity index (χ2n) is 5.38. The van der Waals surface area contributed by atoms with E-state index in [1.807, 2.05) is 7.05 Å². The lowest BCUT2D eigenvalue weighted by Crippen LogP contribution is -2.45. The highest BCUT2D eigenvalue weighted by atomic mass is 79.9. The number of anilines is 1. The quantitative estimate of drug-likeness (QED) is 0.921. The minimum atomic E-state index is 0.290. The Bertz CT molecular complexity index is 428. The van der Waals surface area contributed by atoms with Gasteiger partial charge >= 0.3 is 0 Å². The van der Waals surface area contributed by atoms with Gasteiger partial charge in [0.25, 0.3) is 0 Å². The van der Waals surface area contributed by atoms with E-state index in [9.17, 15) is 0 Å². The van der Waals surface area contributed by atoms with Crippen LogP contribution in [0.3, 0.4) is 0 Å². The Labute approximate surface area is 124 Å². The third kappa shape index (κ3) is 3.50. The van der Waals surface area contributed by atoms with Crippen molar-refractivity contribution in [2.45, 2.75) is 39.0 Å². The molecule has 1 aromatic rings. The molecule has 1 aliphatic heterocycles. The van der Waals surface area contributed by atoms with Crippen molar-refractivity contribution in [3.8, 4) is 0 Å². The third-order valence-electron chi connectivity index (χ3n) is 3.67. The topological polar surface area (TPSA) is 24.5 Å². The van der Waals surface area contributed by atoms with Crippen molar-refractivity contribution in [2.75, 3.05) is 25.0 Å². The van der Waals surface area contributed by atoms with Crippen molar-refractivity contribution >= 4 is 21.6 Å². The number of benzene rings is 1. The normalized spacial score (nSPS) is 25.4. The van der Waals surface area contributed by atoms with Crippen LogP contribution >= 0.6 is 15.9 Å². The average Bonchev–Trinajstić information content (AvgIpc) is 2.36. The van der Waals surface area contributed by atoms with Gasteiger partial charge in [-0.3, -0.25) is 0 Å². The van der Waals surface area contributed by atoms with Crippen LogP contribution in [0.2, 0.25) is 0 Å². The Morgan fingerprint density at radius 1 is 1.32 bits per heavy atom. The first-order valence-corrected chi connectivity index (χ1v) is 7.67. The molecule has 1 fully saturated rings. The van der Waals surface area contributed by atoms with Crippen LogP contribution in [0.25, 0.3) is 0 Å².